The number of benzene rings is 5. The maximum Gasteiger partial charge on any atom is 0.143 e. The van der Waals surface area contributed by atoms with Crippen LogP contribution >= 0.6 is 0 Å². The molecule has 0 atom stereocenters. The van der Waals surface area contributed by atoms with Gasteiger partial charge in [-0.15, -0.1) is 0 Å². The van der Waals surface area contributed by atoms with Gasteiger partial charge in [-0.05, 0) is 29.0 Å². The standard InChI is InChI=1S/C26H15NO/c1-3-7-17-15(5-1)9-11-19-21-14-24-22(13-23(21)27-25(17)19)20-12-10-16-6-2-4-8-18(16)26(20)28-24/h1-14,27H. The molecule has 1 N–H and O–H groups in total. The number of aromatic nitrogens is 1. The average molecular weight is 357 g/mol. The largest absolute Gasteiger partial charge is 0.455 e. The second-order valence-corrected chi connectivity index (χ2v) is 7.49. The Kier molecular flexibility index (Phi) is 2.52. The number of fused-ring (bicyclic) bond motifs is 10. The second-order valence-electron chi connectivity index (χ2n) is 7.49. The molecule has 0 amide bonds. The van der Waals surface area contributed by atoms with E-state index in [0.29, 0.717) is 0 Å². The van der Waals surface area contributed by atoms with Gasteiger partial charge in [0.05, 0.1) is 5.52 Å². The molecule has 0 aliphatic heterocycles. The highest BCUT2D eigenvalue weighted by molar-refractivity contribution is 6.22. The molecule has 0 fully saturated rings. The normalized spacial score (nSPS) is 12.3. The highest BCUT2D eigenvalue weighted by atomic mass is 16.3. The summed E-state index contributed by atoms with van der Waals surface area (Å²) in [4.78, 5) is 3.66. The molecule has 0 bridgehead atoms. The van der Waals surface area contributed by atoms with E-state index in [-0.39, 0.29) is 0 Å². The number of rotatable bonds is 0. The Morgan fingerprint density at radius 1 is 0.536 bits per heavy atom. The highest BCUT2D eigenvalue weighted by Crippen LogP contribution is 2.38. The van der Waals surface area contributed by atoms with Crippen molar-refractivity contribution >= 4 is 65.3 Å². The van der Waals surface area contributed by atoms with E-state index in [0.717, 1.165) is 27.5 Å². The zero-order valence-corrected chi connectivity index (χ0v) is 15.0. The summed E-state index contributed by atoms with van der Waals surface area (Å²) in [5.74, 6) is 0. The fraction of sp³-hybridized carbons (Fsp3) is 0. The van der Waals surface area contributed by atoms with Crippen molar-refractivity contribution in [3.63, 3.8) is 0 Å². The van der Waals surface area contributed by atoms with Crippen molar-refractivity contribution in [1.29, 1.82) is 0 Å². The zero-order valence-electron chi connectivity index (χ0n) is 15.0. The molecular formula is C26H15NO. The third-order valence-electron chi connectivity index (χ3n) is 5.98. The maximum atomic E-state index is 6.37. The minimum absolute atomic E-state index is 0.938. The number of furan rings is 1. The van der Waals surface area contributed by atoms with Crippen molar-refractivity contribution in [2.75, 3.05) is 0 Å². The molecule has 28 heavy (non-hydrogen) atoms. The van der Waals surface area contributed by atoms with Crippen molar-refractivity contribution in [2.24, 2.45) is 0 Å². The lowest BCUT2D eigenvalue weighted by molar-refractivity contribution is 0.673. The summed E-state index contributed by atoms with van der Waals surface area (Å²) >= 11 is 0. The summed E-state index contributed by atoms with van der Waals surface area (Å²) in [5, 5.41) is 9.64. The van der Waals surface area contributed by atoms with Crippen LogP contribution in [0.15, 0.2) is 89.3 Å². The average Bonchev–Trinajstić information content (AvgIpc) is 3.30. The molecule has 2 heteroatoms. The van der Waals surface area contributed by atoms with Crippen LogP contribution in [0, 0.1) is 0 Å². The minimum Gasteiger partial charge on any atom is -0.455 e. The van der Waals surface area contributed by atoms with Crippen LogP contribution in [0.25, 0.3) is 65.3 Å². The number of aromatic amines is 1. The van der Waals surface area contributed by atoms with Crippen molar-refractivity contribution in [1.82, 2.24) is 4.98 Å². The highest BCUT2D eigenvalue weighted by Gasteiger charge is 2.14. The van der Waals surface area contributed by atoms with Gasteiger partial charge in [-0.1, -0.05) is 66.7 Å². The van der Waals surface area contributed by atoms with Crippen LogP contribution in [0.4, 0.5) is 0 Å². The number of hydrogen-bond acceptors (Lipinski definition) is 1. The lowest BCUT2D eigenvalue weighted by Crippen LogP contribution is -1.74. The third kappa shape index (κ3) is 1.72. The first kappa shape index (κ1) is 14.3. The summed E-state index contributed by atoms with van der Waals surface area (Å²) in [6.07, 6.45) is 0. The fourth-order valence-electron chi connectivity index (χ4n) is 4.64. The molecule has 7 aromatic rings. The van der Waals surface area contributed by atoms with Crippen LogP contribution in [0.2, 0.25) is 0 Å². The Bertz CT molecular complexity index is 1590. The Morgan fingerprint density at radius 3 is 2.11 bits per heavy atom. The summed E-state index contributed by atoms with van der Waals surface area (Å²) in [6, 6.07) is 30.1. The van der Waals surface area contributed by atoms with E-state index >= 15 is 0 Å². The molecule has 0 spiro atoms. The van der Waals surface area contributed by atoms with Crippen molar-refractivity contribution in [3.8, 4) is 0 Å². The van der Waals surface area contributed by atoms with E-state index < -0.39 is 0 Å². The first-order chi connectivity index (χ1) is 13.9. The number of H-pyrrole nitrogens is 1. The van der Waals surface area contributed by atoms with Gasteiger partial charge in [-0.3, -0.25) is 0 Å². The molecular weight excluding hydrogens is 342 g/mol. The van der Waals surface area contributed by atoms with Crippen molar-refractivity contribution in [3.05, 3.63) is 84.9 Å². The SMILES string of the molecule is c1ccc2c(c1)ccc1c3cc4oc5c6ccccc6ccc5c4cc3[nH]c21. The molecule has 2 nitrogen and oxygen atoms in total. The molecule has 0 saturated carbocycles. The van der Waals surface area contributed by atoms with Crippen LogP contribution in [0.5, 0.6) is 0 Å². The Labute approximate surface area is 160 Å². The Morgan fingerprint density at radius 2 is 1.25 bits per heavy atom. The zero-order chi connectivity index (χ0) is 18.2. The van der Waals surface area contributed by atoms with E-state index in [1.165, 1.54) is 37.8 Å². The molecule has 7 rings (SSSR count). The molecule has 0 aliphatic carbocycles. The summed E-state index contributed by atoms with van der Waals surface area (Å²) in [6.45, 7) is 0. The molecule has 2 heterocycles. The molecule has 0 radical (unpaired) electrons. The van der Waals surface area contributed by atoms with E-state index in [9.17, 15) is 0 Å². The summed E-state index contributed by atoms with van der Waals surface area (Å²) in [7, 11) is 0. The molecule has 2 aromatic heterocycles. The smallest absolute Gasteiger partial charge is 0.143 e. The van der Waals surface area contributed by atoms with Gasteiger partial charge in [0.25, 0.3) is 0 Å². The first-order valence-corrected chi connectivity index (χ1v) is 9.54. The van der Waals surface area contributed by atoms with E-state index in [1.807, 2.05) is 0 Å². The van der Waals surface area contributed by atoms with Gasteiger partial charge in [0.2, 0.25) is 0 Å². The number of hydrogen-bond donors (Lipinski definition) is 1. The van der Waals surface area contributed by atoms with Crippen molar-refractivity contribution < 1.29 is 4.42 Å². The lowest BCUT2D eigenvalue weighted by atomic mass is 10.0. The Balaban J connectivity index is 1.66. The van der Waals surface area contributed by atoms with Gasteiger partial charge in [0.1, 0.15) is 11.2 Å². The quantitative estimate of drug-likeness (QED) is 0.299. The summed E-state index contributed by atoms with van der Waals surface area (Å²) in [5.41, 5.74) is 4.24. The van der Waals surface area contributed by atoms with E-state index in [4.69, 9.17) is 4.42 Å². The molecule has 5 aromatic carbocycles. The van der Waals surface area contributed by atoms with Gasteiger partial charge in [0.15, 0.2) is 0 Å². The summed E-state index contributed by atoms with van der Waals surface area (Å²) < 4.78 is 6.37. The van der Waals surface area contributed by atoms with Gasteiger partial charge < -0.3 is 9.40 Å². The topological polar surface area (TPSA) is 28.9 Å². The van der Waals surface area contributed by atoms with Gasteiger partial charge >= 0.3 is 0 Å². The fourth-order valence-corrected chi connectivity index (χ4v) is 4.64. The van der Waals surface area contributed by atoms with Gasteiger partial charge in [-0.25, -0.2) is 0 Å². The van der Waals surface area contributed by atoms with Crippen LogP contribution in [-0.2, 0) is 0 Å². The predicted molar refractivity (Wildman–Crippen MR) is 118 cm³/mol. The van der Waals surface area contributed by atoms with Gasteiger partial charge in [0, 0.05) is 37.8 Å². The number of nitrogens with one attached hydrogen (secondary N) is 1. The van der Waals surface area contributed by atoms with Crippen molar-refractivity contribution in [2.45, 2.75) is 0 Å². The monoisotopic (exact) mass is 357 g/mol. The first-order valence-electron chi connectivity index (χ1n) is 9.54. The molecule has 0 aliphatic rings. The lowest BCUT2D eigenvalue weighted by Gasteiger charge is -1.98. The minimum atomic E-state index is 0.938. The van der Waals surface area contributed by atoms with Gasteiger partial charge in [-0.2, -0.15) is 0 Å². The molecule has 130 valence electrons. The van der Waals surface area contributed by atoms with Crippen LogP contribution in [-0.4, -0.2) is 4.98 Å². The maximum absolute atomic E-state index is 6.37. The third-order valence-corrected chi connectivity index (χ3v) is 5.98. The van der Waals surface area contributed by atoms with Crippen LogP contribution in [0.3, 0.4) is 0 Å². The Hall–Kier alpha value is -3.78. The van der Waals surface area contributed by atoms with Crippen LogP contribution < -0.4 is 0 Å². The predicted octanol–water partition coefficient (Wildman–Crippen LogP) is 7.53. The second kappa shape index (κ2) is 4.93. The molecule has 0 saturated heterocycles. The van der Waals surface area contributed by atoms with Crippen LogP contribution in [0.1, 0.15) is 0 Å². The van der Waals surface area contributed by atoms with E-state index in [1.54, 1.807) is 0 Å². The van der Waals surface area contributed by atoms with E-state index in [2.05, 4.69) is 89.9 Å². The molecule has 0 unspecified atom stereocenters.